The number of methoxy groups -OCH3 is 1. The van der Waals surface area contributed by atoms with Gasteiger partial charge in [0.05, 0.1) is 6.61 Å². The molecule has 0 atom stereocenters. The topological polar surface area (TPSA) is 45.7 Å². The van der Waals surface area contributed by atoms with Gasteiger partial charge in [0, 0.05) is 32.3 Å². The molecule has 0 unspecified atom stereocenters. The van der Waals surface area contributed by atoms with Gasteiger partial charge < -0.3 is 15.4 Å². The van der Waals surface area contributed by atoms with E-state index in [2.05, 4.69) is 27.8 Å². The first-order chi connectivity index (χ1) is 9.26. The van der Waals surface area contributed by atoms with Crippen LogP contribution >= 0.6 is 35.6 Å². The fourth-order valence-corrected chi connectivity index (χ4v) is 1.77. The molecule has 0 aliphatic heterocycles. The Morgan fingerprint density at radius 3 is 2.45 bits per heavy atom. The Kier molecular flexibility index (Phi) is 11.9. The Bertz CT molecular complexity index is 385. The van der Waals surface area contributed by atoms with Crippen LogP contribution in [0.5, 0.6) is 0 Å². The second-order valence-electron chi connectivity index (χ2n) is 4.15. The molecule has 0 radical (unpaired) electrons. The average Bonchev–Trinajstić information content (AvgIpc) is 2.43. The number of nitrogens with one attached hydrogen (secondary N) is 2. The van der Waals surface area contributed by atoms with Crippen LogP contribution in [0.15, 0.2) is 29.3 Å². The molecule has 0 amide bonds. The minimum Gasteiger partial charge on any atom is -0.383 e. The van der Waals surface area contributed by atoms with E-state index in [-0.39, 0.29) is 24.0 Å². The van der Waals surface area contributed by atoms with Gasteiger partial charge >= 0.3 is 0 Å². The lowest BCUT2D eigenvalue weighted by molar-refractivity contribution is 0.203. The number of aryl methyl sites for hydroxylation is 1. The zero-order valence-electron chi connectivity index (χ0n) is 12.0. The van der Waals surface area contributed by atoms with Crippen LogP contribution in [-0.4, -0.2) is 39.8 Å². The number of guanidine groups is 1. The number of aliphatic imine (C=N–C) groups is 1. The molecule has 0 saturated heterocycles. The third-order valence-corrected chi connectivity index (χ3v) is 2.92. The Balaban J connectivity index is 0.00000361. The van der Waals surface area contributed by atoms with Gasteiger partial charge in [0.1, 0.15) is 0 Å². The Morgan fingerprint density at radius 2 is 1.85 bits per heavy atom. The van der Waals surface area contributed by atoms with Crippen molar-refractivity contribution in [3.05, 3.63) is 34.9 Å². The molecular weight excluding hydrogens is 389 g/mol. The highest BCUT2D eigenvalue weighted by Gasteiger charge is 1.97. The fraction of sp³-hybridized carbons (Fsp3) is 0.500. The lowest BCUT2D eigenvalue weighted by Gasteiger charge is -2.11. The number of hydrogen-bond acceptors (Lipinski definition) is 2. The summed E-state index contributed by atoms with van der Waals surface area (Å²) in [5.74, 6) is 0.813. The summed E-state index contributed by atoms with van der Waals surface area (Å²) in [4.78, 5) is 4.14. The summed E-state index contributed by atoms with van der Waals surface area (Å²) in [5, 5.41) is 7.22. The SMILES string of the molecule is CN=C(NCCCc1ccc(Cl)cc1)NCCOC.I. The summed E-state index contributed by atoms with van der Waals surface area (Å²) in [5.41, 5.74) is 1.30. The van der Waals surface area contributed by atoms with Crippen LogP contribution in [0.4, 0.5) is 0 Å². The van der Waals surface area contributed by atoms with Crippen molar-refractivity contribution in [1.82, 2.24) is 10.6 Å². The fourth-order valence-electron chi connectivity index (χ4n) is 1.64. The molecule has 0 spiro atoms. The van der Waals surface area contributed by atoms with Crippen molar-refractivity contribution < 1.29 is 4.74 Å². The predicted octanol–water partition coefficient (Wildman–Crippen LogP) is 2.70. The molecule has 114 valence electrons. The van der Waals surface area contributed by atoms with Crippen molar-refractivity contribution in [3.8, 4) is 0 Å². The second-order valence-corrected chi connectivity index (χ2v) is 4.59. The van der Waals surface area contributed by atoms with Crippen molar-refractivity contribution in [2.45, 2.75) is 12.8 Å². The lowest BCUT2D eigenvalue weighted by Crippen LogP contribution is -2.39. The summed E-state index contributed by atoms with van der Waals surface area (Å²) in [7, 11) is 3.45. The number of benzene rings is 1. The minimum atomic E-state index is 0. The second kappa shape index (κ2) is 12.2. The largest absolute Gasteiger partial charge is 0.383 e. The Morgan fingerprint density at radius 1 is 1.20 bits per heavy atom. The number of nitrogens with zero attached hydrogens (tertiary/aromatic N) is 1. The minimum absolute atomic E-state index is 0. The van der Waals surface area contributed by atoms with Crippen LogP contribution in [0.3, 0.4) is 0 Å². The van der Waals surface area contributed by atoms with Crippen molar-refractivity contribution in [3.63, 3.8) is 0 Å². The molecule has 0 heterocycles. The van der Waals surface area contributed by atoms with Gasteiger partial charge in [-0.15, -0.1) is 24.0 Å². The molecule has 0 saturated carbocycles. The van der Waals surface area contributed by atoms with Crippen LogP contribution in [0, 0.1) is 0 Å². The van der Waals surface area contributed by atoms with E-state index in [9.17, 15) is 0 Å². The highest BCUT2D eigenvalue weighted by molar-refractivity contribution is 14.0. The molecule has 0 aromatic heterocycles. The predicted molar refractivity (Wildman–Crippen MR) is 96.4 cm³/mol. The maximum atomic E-state index is 5.85. The lowest BCUT2D eigenvalue weighted by atomic mass is 10.1. The first-order valence-corrected chi connectivity index (χ1v) is 6.82. The van der Waals surface area contributed by atoms with E-state index >= 15 is 0 Å². The summed E-state index contributed by atoms with van der Waals surface area (Å²) in [6.45, 7) is 2.31. The van der Waals surface area contributed by atoms with Gasteiger partial charge in [-0.2, -0.15) is 0 Å². The van der Waals surface area contributed by atoms with E-state index < -0.39 is 0 Å². The molecule has 1 aromatic rings. The summed E-state index contributed by atoms with van der Waals surface area (Å²) in [6.07, 6.45) is 2.08. The van der Waals surface area contributed by atoms with Crippen LogP contribution < -0.4 is 10.6 Å². The first-order valence-electron chi connectivity index (χ1n) is 6.44. The normalized spacial score (nSPS) is 10.8. The molecule has 0 bridgehead atoms. The van der Waals surface area contributed by atoms with E-state index in [4.69, 9.17) is 16.3 Å². The average molecular weight is 412 g/mol. The van der Waals surface area contributed by atoms with Gasteiger partial charge in [0.15, 0.2) is 5.96 Å². The molecule has 20 heavy (non-hydrogen) atoms. The number of hydrogen-bond donors (Lipinski definition) is 2. The smallest absolute Gasteiger partial charge is 0.191 e. The zero-order valence-corrected chi connectivity index (χ0v) is 15.1. The molecule has 6 heteroatoms. The monoisotopic (exact) mass is 411 g/mol. The van der Waals surface area contributed by atoms with Gasteiger partial charge in [-0.3, -0.25) is 4.99 Å². The summed E-state index contributed by atoms with van der Waals surface area (Å²) >= 11 is 5.85. The third-order valence-electron chi connectivity index (χ3n) is 2.67. The van der Waals surface area contributed by atoms with Gasteiger partial charge in [-0.25, -0.2) is 0 Å². The van der Waals surface area contributed by atoms with Gasteiger partial charge in [0.25, 0.3) is 0 Å². The highest BCUT2D eigenvalue weighted by Crippen LogP contribution is 2.10. The van der Waals surface area contributed by atoms with Gasteiger partial charge in [-0.1, -0.05) is 23.7 Å². The van der Waals surface area contributed by atoms with Crippen molar-refractivity contribution in [2.24, 2.45) is 4.99 Å². The molecule has 1 rings (SSSR count). The summed E-state index contributed by atoms with van der Waals surface area (Å²) in [6, 6.07) is 7.98. The third kappa shape index (κ3) is 8.60. The number of rotatable bonds is 7. The Hall–Kier alpha value is -0.530. The maximum Gasteiger partial charge on any atom is 0.191 e. The van der Waals surface area contributed by atoms with Crippen molar-refractivity contribution in [1.29, 1.82) is 0 Å². The maximum absolute atomic E-state index is 5.85. The van der Waals surface area contributed by atoms with E-state index in [1.54, 1.807) is 14.2 Å². The molecule has 4 nitrogen and oxygen atoms in total. The zero-order chi connectivity index (χ0) is 13.9. The van der Waals surface area contributed by atoms with E-state index in [1.165, 1.54) is 5.56 Å². The number of ether oxygens (including phenoxy) is 1. The standard InChI is InChI=1S/C14H22ClN3O.HI/c1-16-14(18-10-11-19-2)17-9-3-4-12-5-7-13(15)8-6-12;/h5-8H,3-4,9-11H2,1-2H3,(H2,16,17,18);1H. The Labute approximate surface area is 143 Å². The van der Waals surface area contributed by atoms with Crippen LogP contribution in [0.2, 0.25) is 5.02 Å². The van der Waals surface area contributed by atoms with Crippen LogP contribution in [0.1, 0.15) is 12.0 Å². The van der Waals surface area contributed by atoms with Crippen molar-refractivity contribution >= 4 is 41.5 Å². The highest BCUT2D eigenvalue weighted by atomic mass is 127. The number of halogens is 2. The van der Waals surface area contributed by atoms with E-state index in [1.807, 2.05) is 12.1 Å². The molecule has 0 aliphatic rings. The van der Waals surface area contributed by atoms with Crippen LogP contribution in [-0.2, 0) is 11.2 Å². The molecule has 0 aliphatic carbocycles. The van der Waals surface area contributed by atoms with Crippen LogP contribution in [0.25, 0.3) is 0 Å². The van der Waals surface area contributed by atoms with Gasteiger partial charge in [0.2, 0.25) is 0 Å². The molecule has 0 fully saturated rings. The quantitative estimate of drug-likeness (QED) is 0.314. The molecule has 2 N–H and O–H groups in total. The molecule has 1 aromatic carbocycles. The van der Waals surface area contributed by atoms with E-state index in [0.29, 0.717) is 6.61 Å². The molecular formula is C14H23ClIN3O. The first kappa shape index (κ1) is 19.5. The van der Waals surface area contributed by atoms with Crippen molar-refractivity contribution in [2.75, 3.05) is 33.9 Å². The van der Waals surface area contributed by atoms with E-state index in [0.717, 1.165) is 36.9 Å². The van der Waals surface area contributed by atoms with Gasteiger partial charge in [-0.05, 0) is 30.5 Å². The summed E-state index contributed by atoms with van der Waals surface area (Å²) < 4.78 is 4.97.